The average Bonchev–Trinajstić information content (AvgIpc) is 2.69. The van der Waals surface area contributed by atoms with E-state index in [1.807, 2.05) is 32.0 Å². The summed E-state index contributed by atoms with van der Waals surface area (Å²) in [7, 11) is 2.98. The number of hydrazine groups is 1. The van der Waals surface area contributed by atoms with Crippen LogP contribution in [0.25, 0.3) is 6.08 Å². The van der Waals surface area contributed by atoms with Gasteiger partial charge in [-0.3, -0.25) is 20.4 Å². The smallest absolute Gasteiger partial charge is 0.276 e. The van der Waals surface area contributed by atoms with Crippen LogP contribution in [-0.2, 0) is 9.59 Å². The van der Waals surface area contributed by atoms with Gasteiger partial charge in [-0.1, -0.05) is 29.8 Å². The summed E-state index contributed by atoms with van der Waals surface area (Å²) < 4.78 is 15.9. The highest BCUT2D eigenvalue weighted by Gasteiger charge is 2.10. The third kappa shape index (κ3) is 6.15. The molecule has 2 aromatic rings. The first-order valence-electron chi connectivity index (χ1n) is 8.73. The van der Waals surface area contributed by atoms with Gasteiger partial charge in [-0.05, 0) is 48.7 Å². The lowest BCUT2D eigenvalue weighted by atomic mass is 10.1. The highest BCUT2D eigenvalue weighted by Crippen LogP contribution is 2.36. The maximum atomic E-state index is 11.9. The Bertz CT molecular complexity index is 907. The Hall–Kier alpha value is -3.19. The summed E-state index contributed by atoms with van der Waals surface area (Å²) in [6.45, 7) is 3.57. The van der Waals surface area contributed by atoms with Gasteiger partial charge in [0.15, 0.2) is 18.1 Å². The van der Waals surface area contributed by atoms with Crippen LogP contribution >= 0.6 is 11.6 Å². The molecule has 0 aromatic heterocycles. The molecule has 2 amide bonds. The highest BCUT2D eigenvalue weighted by atomic mass is 35.5. The summed E-state index contributed by atoms with van der Waals surface area (Å²) in [5.41, 5.74) is 7.07. The van der Waals surface area contributed by atoms with Crippen LogP contribution in [0.15, 0.2) is 36.4 Å². The average molecular weight is 419 g/mol. The first-order chi connectivity index (χ1) is 13.8. The molecule has 0 radical (unpaired) electrons. The minimum absolute atomic E-state index is 0.221. The lowest BCUT2D eigenvalue weighted by Crippen LogP contribution is -2.43. The van der Waals surface area contributed by atoms with Crippen LogP contribution in [0.3, 0.4) is 0 Å². The second-order valence-corrected chi connectivity index (χ2v) is 6.53. The summed E-state index contributed by atoms with van der Waals surface area (Å²) in [5.74, 6) is 0.503. The minimum Gasteiger partial charge on any atom is -0.493 e. The molecule has 0 heterocycles. The lowest BCUT2D eigenvalue weighted by Gasteiger charge is -2.12. The monoisotopic (exact) mass is 418 g/mol. The Balaban J connectivity index is 1.88. The number of hydrogen-bond donors (Lipinski definition) is 2. The van der Waals surface area contributed by atoms with Gasteiger partial charge in [-0.2, -0.15) is 0 Å². The molecule has 0 spiro atoms. The van der Waals surface area contributed by atoms with Crippen LogP contribution in [0.5, 0.6) is 17.2 Å². The molecule has 0 atom stereocenters. The summed E-state index contributed by atoms with van der Waals surface area (Å²) in [4.78, 5) is 23.8. The van der Waals surface area contributed by atoms with Crippen molar-refractivity contribution in [3.8, 4) is 17.2 Å². The van der Waals surface area contributed by atoms with Crippen molar-refractivity contribution in [3.63, 3.8) is 0 Å². The van der Waals surface area contributed by atoms with E-state index in [-0.39, 0.29) is 6.61 Å². The standard InChI is InChI=1S/C21H23ClN2O5/c1-13-6-5-7-14(2)20(13)29-12-19(26)24-23-18(25)9-8-15-10-16(22)21(28-4)17(11-15)27-3/h5-11H,12H2,1-4H3,(H,23,25)(H,24,26)/b9-8+. The van der Waals surface area contributed by atoms with Crippen LogP contribution in [0.4, 0.5) is 0 Å². The van der Waals surface area contributed by atoms with E-state index in [0.29, 0.717) is 27.8 Å². The van der Waals surface area contributed by atoms with Gasteiger partial charge in [-0.25, -0.2) is 0 Å². The number of halogens is 1. The van der Waals surface area contributed by atoms with E-state index < -0.39 is 11.8 Å². The summed E-state index contributed by atoms with van der Waals surface area (Å²) in [6.07, 6.45) is 2.78. The van der Waals surface area contributed by atoms with Gasteiger partial charge in [0.2, 0.25) is 0 Å². The Labute approximate surface area is 174 Å². The van der Waals surface area contributed by atoms with Crippen molar-refractivity contribution in [2.24, 2.45) is 0 Å². The van der Waals surface area contributed by atoms with E-state index in [9.17, 15) is 9.59 Å². The highest BCUT2D eigenvalue weighted by molar-refractivity contribution is 6.32. The van der Waals surface area contributed by atoms with Crippen LogP contribution in [0.1, 0.15) is 16.7 Å². The fourth-order valence-electron chi connectivity index (χ4n) is 2.58. The predicted octanol–water partition coefficient (Wildman–Crippen LogP) is 3.21. The molecule has 0 aliphatic heterocycles. The Kier molecular flexibility index (Phi) is 7.91. The van der Waals surface area contributed by atoms with Gasteiger partial charge >= 0.3 is 0 Å². The van der Waals surface area contributed by atoms with Crippen molar-refractivity contribution in [1.29, 1.82) is 0 Å². The first-order valence-corrected chi connectivity index (χ1v) is 9.11. The maximum Gasteiger partial charge on any atom is 0.276 e. The number of ether oxygens (including phenoxy) is 3. The molecule has 29 heavy (non-hydrogen) atoms. The number of nitrogens with one attached hydrogen (secondary N) is 2. The van der Waals surface area contributed by atoms with Crippen molar-refractivity contribution >= 4 is 29.5 Å². The predicted molar refractivity (Wildman–Crippen MR) is 111 cm³/mol. The normalized spacial score (nSPS) is 10.5. The van der Waals surface area contributed by atoms with Crippen molar-refractivity contribution < 1.29 is 23.8 Å². The van der Waals surface area contributed by atoms with Gasteiger partial charge in [0, 0.05) is 6.08 Å². The topological polar surface area (TPSA) is 85.9 Å². The van der Waals surface area contributed by atoms with E-state index in [1.165, 1.54) is 26.4 Å². The number of carbonyl (C=O) groups excluding carboxylic acids is 2. The van der Waals surface area contributed by atoms with Crippen molar-refractivity contribution in [2.45, 2.75) is 13.8 Å². The van der Waals surface area contributed by atoms with Gasteiger partial charge in [0.1, 0.15) is 5.75 Å². The molecule has 7 nitrogen and oxygen atoms in total. The second-order valence-electron chi connectivity index (χ2n) is 6.12. The van der Waals surface area contributed by atoms with Crippen molar-refractivity contribution in [2.75, 3.05) is 20.8 Å². The molecule has 0 aliphatic rings. The summed E-state index contributed by atoms with van der Waals surface area (Å²) in [5, 5.41) is 0.351. The van der Waals surface area contributed by atoms with Crippen LogP contribution < -0.4 is 25.1 Å². The second kappa shape index (κ2) is 10.4. The molecule has 2 rings (SSSR count). The molecular formula is C21H23ClN2O5. The zero-order valence-electron chi connectivity index (χ0n) is 16.7. The van der Waals surface area contributed by atoms with Crippen molar-refractivity contribution in [3.05, 3.63) is 58.1 Å². The fourth-order valence-corrected chi connectivity index (χ4v) is 2.88. The quantitative estimate of drug-likeness (QED) is 0.532. The van der Waals surface area contributed by atoms with Gasteiger partial charge in [0.05, 0.1) is 19.2 Å². The molecule has 2 aromatic carbocycles. The summed E-state index contributed by atoms with van der Waals surface area (Å²) in [6, 6.07) is 9.01. The van der Waals surface area contributed by atoms with Crippen molar-refractivity contribution in [1.82, 2.24) is 10.9 Å². The van der Waals surface area contributed by atoms with E-state index in [0.717, 1.165) is 11.1 Å². The molecule has 0 saturated heterocycles. The summed E-state index contributed by atoms with van der Waals surface area (Å²) >= 11 is 6.13. The molecule has 0 unspecified atom stereocenters. The Morgan fingerprint density at radius 1 is 1.03 bits per heavy atom. The zero-order valence-corrected chi connectivity index (χ0v) is 17.4. The van der Waals surface area contributed by atoms with Crippen LogP contribution in [0.2, 0.25) is 5.02 Å². The first kappa shape index (κ1) is 22.1. The SMILES string of the molecule is COc1cc(/C=C/C(=O)NNC(=O)COc2c(C)cccc2C)cc(Cl)c1OC. The van der Waals surface area contributed by atoms with E-state index in [4.69, 9.17) is 25.8 Å². The number of methoxy groups -OCH3 is 2. The third-order valence-corrected chi connectivity index (χ3v) is 4.25. The number of carbonyl (C=O) groups is 2. The number of amides is 2. The van der Waals surface area contributed by atoms with Gasteiger partial charge in [-0.15, -0.1) is 0 Å². The maximum absolute atomic E-state index is 11.9. The van der Waals surface area contributed by atoms with E-state index in [2.05, 4.69) is 10.9 Å². The fraction of sp³-hybridized carbons (Fsp3) is 0.238. The minimum atomic E-state index is -0.517. The molecule has 2 N–H and O–H groups in total. The number of rotatable bonds is 7. The Morgan fingerprint density at radius 2 is 1.72 bits per heavy atom. The number of hydrogen-bond acceptors (Lipinski definition) is 5. The molecule has 8 heteroatoms. The van der Waals surface area contributed by atoms with E-state index >= 15 is 0 Å². The van der Waals surface area contributed by atoms with Gasteiger partial charge < -0.3 is 14.2 Å². The number of para-hydroxylation sites is 1. The molecule has 0 aliphatic carbocycles. The van der Waals surface area contributed by atoms with Crippen LogP contribution in [0, 0.1) is 13.8 Å². The van der Waals surface area contributed by atoms with Crippen LogP contribution in [-0.4, -0.2) is 32.6 Å². The number of aryl methyl sites for hydroxylation is 2. The number of benzene rings is 2. The Morgan fingerprint density at radius 3 is 2.34 bits per heavy atom. The molecule has 0 fully saturated rings. The molecule has 0 saturated carbocycles. The molecular weight excluding hydrogens is 396 g/mol. The molecule has 154 valence electrons. The third-order valence-electron chi connectivity index (χ3n) is 3.96. The largest absolute Gasteiger partial charge is 0.493 e. The zero-order chi connectivity index (χ0) is 21.4. The van der Waals surface area contributed by atoms with Gasteiger partial charge in [0.25, 0.3) is 11.8 Å². The molecule has 0 bridgehead atoms. The van der Waals surface area contributed by atoms with E-state index in [1.54, 1.807) is 12.1 Å². The lowest BCUT2D eigenvalue weighted by molar-refractivity contribution is -0.128.